The number of hydrogen-bond acceptors (Lipinski definition) is 7. The Bertz CT molecular complexity index is 1140. The van der Waals surface area contributed by atoms with E-state index in [2.05, 4.69) is 22.2 Å². The monoisotopic (exact) mass is 583 g/mol. The highest BCUT2D eigenvalue weighted by Gasteiger charge is 2.53. The molecule has 4 rings (SSSR count). The number of benzene rings is 1. The zero-order valence-corrected chi connectivity index (χ0v) is 26.4. The Morgan fingerprint density at radius 2 is 1.62 bits per heavy atom. The molecule has 42 heavy (non-hydrogen) atoms. The van der Waals surface area contributed by atoms with Gasteiger partial charge in [0.1, 0.15) is 18.2 Å². The number of ether oxygens (including phenoxy) is 1. The molecule has 232 valence electrons. The Balaban J connectivity index is 1.44. The number of piperazine rings is 1. The van der Waals surface area contributed by atoms with Crippen molar-refractivity contribution in [3.8, 4) is 0 Å². The van der Waals surface area contributed by atoms with Crippen LogP contribution in [0.1, 0.15) is 64.2 Å². The van der Waals surface area contributed by atoms with Gasteiger partial charge in [0.25, 0.3) is 11.8 Å². The fraction of sp³-hybridized carbons (Fsp3) is 0.688. The van der Waals surface area contributed by atoms with Crippen molar-refractivity contribution < 1.29 is 23.9 Å². The molecule has 0 bridgehead atoms. The summed E-state index contributed by atoms with van der Waals surface area (Å²) in [5, 5.41) is 2.97. The van der Waals surface area contributed by atoms with Gasteiger partial charge in [-0.1, -0.05) is 34.6 Å². The molecule has 3 amide bonds. The molecule has 1 aromatic rings. The van der Waals surface area contributed by atoms with Crippen LogP contribution in [0, 0.1) is 11.3 Å². The number of anilines is 1. The first-order valence-corrected chi connectivity index (χ1v) is 15.3. The van der Waals surface area contributed by atoms with Crippen molar-refractivity contribution in [3.05, 3.63) is 29.8 Å². The summed E-state index contributed by atoms with van der Waals surface area (Å²) in [5.41, 5.74) is 1.45. The first-order chi connectivity index (χ1) is 19.8. The third-order valence-electron chi connectivity index (χ3n) is 8.65. The highest BCUT2D eigenvalue weighted by atomic mass is 16.5. The number of fused-ring (bicyclic) bond motifs is 1. The molecule has 3 saturated heterocycles. The lowest BCUT2D eigenvalue weighted by Gasteiger charge is -2.34. The van der Waals surface area contributed by atoms with Crippen LogP contribution in [0.4, 0.5) is 5.69 Å². The average molecular weight is 584 g/mol. The zero-order valence-electron chi connectivity index (χ0n) is 26.4. The number of rotatable bonds is 9. The van der Waals surface area contributed by atoms with Gasteiger partial charge in [-0.15, -0.1) is 0 Å². The maximum Gasteiger partial charge on any atom is 0.252 e. The van der Waals surface area contributed by atoms with Crippen LogP contribution in [0.5, 0.6) is 0 Å². The van der Waals surface area contributed by atoms with Gasteiger partial charge in [0.15, 0.2) is 5.78 Å². The Morgan fingerprint density at radius 1 is 0.976 bits per heavy atom. The molecule has 0 spiro atoms. The summed E-state index contributed by atoms with van der Waals surface area (Å²) in [6.45, 7) is 14.4. The standard InChI is InChI=1S/C32H49N5O5/c1-21(2)18-24(33-29(39)22-8-10-23(11-9-22)35-16-14-34(6)15-17-35)30(40)36-13-12-25-28(36)26(38)20-37(25)31(41)27(42-7)19-32(3,4)5/h8-11,21,24-25,27-28H,12-20H2,1-7H3,(H,33,39). The summed E-state index contributed by atoms with van der Waals surface area (Å²) in [7, 11) is 3.64. The van der Waals surface area contributed by atoms with Gasteiger partial charge in [0.2, 0.25) is 5.91 Å². The van der Waals surface area contributed by atoms with Crippen LogP contribution in [0.2, 0.25) is 0 Å². The Labute approximate surface area is 250 Å². The molecule has 1 N–H and O–H groups in total. The minimum atomic E-state index is -0.765. The van der Waals surface area contributed by atoms with Gasteiger partial charge in [-0.25, -0.2) is 0 Å². The van der Waals surface area contributed by atoms with Crippen LogP contribution in [-0.2, 0) is 19.1 Å². The van der Waals surface area contributed by atoms with Gasteiger partial charge in [-0.05, 0) is 61.9 Å². The van der Waals surface area contributed by atoms with E-state index in [0.717, 1.165) is 31.9 Å². The minimum absolute atomic E-state index is 0.0250. The molecule has 4 atom stereocenters. The summed E-state index contributed by atoms with van der Waals surface area (Å²) in [6, 6.07) is 5.70. The van der Waals surface area contributed by atoms with Crippen LogP contribution in [0.3, 0.4) is 0 Å². The Hall–Kier alpha value is -2.98. The number of hydrogen-bond donors (Lipinski definition) is 1. The van der Waals surface area contributed by atoms with Crippen LogP contribution in [-0.4, -0.2) is 116 Å². The van der Waals surface area contributed by atoms with Crippen molar-refractivity contribution in [2.75, 3.05) is 58.3 Å². The number of Topliss-reactive ketones (excluding diaryl/α,β-unsaturated/α-hetero) is 1. The first kappa shape index (κ1) is 31.9. The highest BCUT2D eigenvalue weighted by molar-refractivity contribution is 6.01. The number of nitrogens with zero attached hydrogens (tertiary/aromatic N) is 4. The van der Waals surface area contributed by atoms with Crippen molar-refractivity contribution in [1.82, 2.24) is 20.0 Å². The van der Waals surface area contributed by atoms with E-state index >= 15 is 0 Å². The van der Waals surface area contributed by atoms with Gasteiger partial charge in [-0.3, -0.25) is 19.2 Å². The molecule has 3 heterocycles. The van der Waals surface area contributed by atoms with E-state index in [0.29, 0.717) is 31.4 Å². The van der Waals surface area contributed by atoms with Crippen LogP contribution in [0.25, 0.3) is 0 Å². The van der Waals surface area contributed by atoms with Crippen molar-refractivity contribution in [2.45, 2.75) is 78.1 Å². The van der Waals surface area contributed by atoms with Crippen molar-refractivity contribution in [1.29, 1.82) is 0 Å². The third-order valence-corrected chi connectivity index (χ3v) is 8.65. The molecule has 0 aliphatic carbocycles. The number of likely N-dealkylation sites (tertiary alicyclic amines) is 2. The Kier molecular flexibility index (Phi) is 9.98. The molecule has 10 heteroatoms. The van der Waals surface area contributed by atoms with E-state index < -0.39 is 18.2 Å². The third kappa shape index (κ3) is 7.32. The van der Waals surface area contributed by atoms with Crippen molar-refractivity contribution in [2.24, 2.45) is 11.3 Å². The van der Waals surface area contributed by atoms with Gasteiger partial charge in [-0.2, -0.15) is 0 Å². The lowest BCUT2D eigenvalue weighted by atomic mass is 9.88. The van der Waals surface area contributed by atoms with Crippen LogP contribution < -0.4 is 10.2 Å². The molecule has 10 nitrogen and oxygen atoms in total. The highest BCUT2D eigenvalue weighted by Crippen LogP contribution is 2.33. The molecular weight excluding hydrogens is 534 g/mol. The smallest absolute Gasteiger partial charge is 0.252 e. The number of carbonyl (C=O) groups is 4. The van der Waals surface area contributed by atoms with Crippen LogP contribution in [0.15, 0.2) is 24.3 Å². The second-order valence-corrected chi connectivity index (χ2v) is 13.7. The number of likely N-dealkylation sites (N-methyl/N-ethyl adjacent to an activating group) is 1. The summed E-state index contributed by atoms with van der Waals surface area (Å²) >= 11 is 0. The fourth-order valence-corrected chi connectivity index (χ4v) is 6.39. The molecule has 0 radical (unpaired) electrons. The topological polar surface area (TPSA) is 102 Å². The zero-order chi connectivity index (χ0) is 30.8. The summed E-state index contributed by atoms with van der Waals surface area (Å²) in [4.78, 5) is 61.7. The van der Waals surface area contributed by atoms with Gasteiger partial charge in [0.05, 0.1) is 12.6 Å². The SMILES string of the molecule is COC(CC(C)(C)C)C(=O)N1CC(=O)C2C1CCN2C(=O)C(CC(C)C)NC(=O)c1ccc(N2CCN(C)CC2)cc1. The number of ketones is 1. The number of carbonyl (C=O) groups excluding carboxylic acids is 4. The normalized spacial score (nSPS) is 22.9. The predicted octanol–water partition coefficient (Wildman–Crippen LogP) is 2.41. The summed E-state index contributed by atoms with van der Waals surface area (Å²) in [5.74, 6) is -0.767. The lowest BCUT2D eigenvalue weighted by molar-refractivity contribution is -0.145. The first-order valence-electron chi connectivity index (χ1n) is 15.3. The fourth-order valence-electron chi connectivity index (χ4n) is 6.39. The maximum atomic E-state index is 13.9. The number of nitrogens with one attached hydrogen (secondary N) is 1. The van der Waals surface area contributed by atoms with E-state index in [1.54, 1.807) is 21.9 Å². The van der Waals surface area contributed by atoms with Crippen LogP contribution >= 0.6 is 0 Å². The summed E-state index contributed by atoms with van der Waals surface area (Å²) < 4.78 is 5.54. The largest absolute Gasteiger partial charge is 0.372 e. The van der Waals surface area contributed by atoms with E-state index in [1.165, 1.54) is 7.11 Å². The molecule has 0 aromatic heterocycles. The second kappa shape index (κ2) is 13.1. The van der Waals surface area contributed by atoms with E-state index in [9.17, 15) is 19.2 Å². The van der Waals surface area contributed by atoms with Gasteiger partial charge < -0.3 is 29.7 Å². The molecule has 3 aliphatic heterocycles. The second-order valence-electron chi connectivity index (χ2n) is 13.7. The molecule has 3 aliphatic rings. The number of amides is 3. The van der Waals surface area contributed by atoms with Gasteiger partial charge in [0, 0.05) is 51.1 Å². The molecule has 3 fully saturated rings. The predicted molar refractivity (Wildman–Crippen MR) is 162 cm³/mol. The van der Waals surface area contributed by atoms with Gasteiger partial charge >= 0.3 is 0 Å². The van der Waals surface area contributed by atoms with E-state index in [-0.39, 0.29) is 47.4 Å². The molecule has 1 aromatic carbocycles. The molecule has 4 unspecified atom stereocenters. The molecular formula is C32H49N5O5. The van der Waals surface area contributed by atoms with Crippen molar-refractivity contribution in [3.63, 3.8) is 0 Å². The lowest BCUT2D eigenvalue weighted by Crippen LogP contribution is -2.53. The van der Waals surface area contributed by atoms with E-state index in [4.69, 9.17) is 4.74 Å². The maximum absolute atomic E-state index is 13.9. The Morgan fingerprint density at radius 3 is 2.19 bits per heavy atom. The molecule has 0 saturated carbocycles. The van der Waals surface area contributed by atoms with Crippen molar-refractivity contribution >= 4 is 29.2 Å². The van der Waals surface area contributed by atoms with E-state index in [1.807, 2.05) is 46.8 Å². The quantitative estimate of drug-likeness (QED) is 0.476. The average Bonchev–Trinajstić information content (AvgIpc) is 3.51. The number of methoxy groups -OCH3 is 1. The minimum Gasteiger partial charge on any atom is -0.372 e. The summed E-state index contributed by atoms with van der Waals surface area (Å²) in [6.07, 6.45) is 0.866.